The SMILES string of the molecule is CCNC(=NCC1(C(=O)N(C)C)CCCC1)NC1CCN(c2ccc(C)cc2)C1.I. The van der Waals surface area contributed by atoms with Gasteiger partial charge < -0.3 is 20.4 Å². The lowest BCUT2D eigenvalue weighted by Gasteiger charge is -2.29. The molecule has 1 atom stereocenters. The van der Waals surface area contributed by atoms with Crippen molar-refractivity contribution in [3.63, 3.8) is 0 Å². The number of aliphatic imine (C=N–C) groups is 1. The first-order valence-corrected chi connectivity index (χ1v) is 11.0. The molecule has 1 aromatic rings. The third-order valence-electron chi connectivity index (χ3n) is 6.23. The Morgan fingerprint density at radius 3 is 2.50 bits per heavy atom. The first-order valence-electron chi connectivity index (χ1n) is 11.0. The molecule has 1 aromatic carbocycles. The van der Waals surface area contributed by atoms with E-state index < -0.39 is 0 Å². The highest BCUT2D eigenvalue weighted by Gasteiger charge is 2.42. The van der Waals surface area contributed by atoms with Crippen LogP contribution in [0.2, 0.25) is 0 Å². The van der Waals surface area contributed by atoms with Crippen LogP contribution in [-0.2, 0) is 4.79 Å². The molecule has 6 nitrogen and oxygen atoms in total. The number of rotatable bonds is 6. The summed E-state index contributed by atoms with van der Waals surface area (Å²) in [6, 6.07) is 9.11. The molecule has 30 heavy (non-hydrogen) atoms. The molecule has 1 heterocycles. The summed E-state index contributed by atoms with van der Waals surface area (Å²) >= 11 is 0. The van der Waals surface area contributed by atoms with Crippen LogP contribution in [0.25, 0.3) is 0 Å². The number of carbonyl (C=O) groups is 1. The third kappa shape index (κ3) is 6.02. The number of hydrogen-bond donors (Lipinski definition) is 2. The van der Waals surface area contributed by atoms with Gasteiger partial charge >= 0.3 is 0 Å². The van der Waals surface area contributed by atoms with Crippen molar-refractivity contribution in [2.24, 2.45) is 10.4 Å². The number of benzene rings is 1. The van der Waals surface area contributed by atoms with Gasteiger partial charge in [-0.15, -0.1) is 24.0 Å². The number of guanidine groups is 1. The first kappa shape index (κ1) is 24.8. The second-order valence-electron chi connectivity index (χ2n) is 8.79. The summed E-state index contributed by atoms with van der Waals surface area (Å²) in [5, 5.41) is 6.99. The molecule has 3 rings (SSSR count). The van der Waals surface area contributed by atoms with E-state index in [-0.39, 0.29) is 35.3 Å². The summed E-state index contributed by atoms with van der Waals surface area (Å²) in [6.07, 6.45) is 5.20. The van der Waals surface area contributed by atoms with Crippen LogP contribution in [0, 0.1) is 12.3 Å². The maximum Gasteiger partial charge on any atom is 0.230 e. The van der Waals surface area contributed by atoms with Crippen LogP contribution in [0.5, 0.6) is 0 Å². The van der Waals surface area contributed by atoms with E-state index in [1.807, 2.05) is 14.1 Å². The molecule has 1 saturated heterocycles. The number of halogens is 1. The molecule has 1 saturated carbocycles. The number of hydrogen-bond acceptors (Lipinski definition) is 3. The van der Waals surface area contributed by atoms with Gasteiger partial charge in [0, 0.05) is 45.5 Å². The Morgan fingerprint density at radius 1 is 1.23 bits per heavy atom. The molecule has 7 heteroatoms. The van der Waals surface area contributed by atoms with Gasteiger partial charge in [-0.3, -0.25) is 9.79 Å². The lowest BCUT2D eigenvalue weighted by atomic mass is 9.85. The van der Waals surface area contributed by atoms with Gasteiger partial charge in [0.05, 0.1) is 12.0 Å². The van der Waals surface area contributed by atoms with E-state index in [1.165, 1.54) is 11.3 Å². The number of anilines is 1. The fourth-order valence-electron chi connectivity index (χ4n) is 4.58. The Bertz CT molecular complexity index is 713. The van der Waals surface area contributed by atoms with E-state index in [1.54, 1.807) is 4.90 Å². The predicted molar refractivity (Wildman–Crippen MR) is 136 cm³/mol. The average molecular weight is 527 g/mol. The minimum absolute atomic E-state index is 0. The molecule has 1 aliphatic heterocycles. The first-order chi connectivity index (χ1) is 13.9. The highest BCUT2D eigenvalue weighted by atomic mass is 127. The van der Waals surface area contributed by atoms with Gasteiger partial charge in [-0.1, -0.05) is 30.5 Å². The Kier molecular flexibility index (Phi) is 9.25. The molecule has 2 N–H and O–H groups in total. The molecule has 2 aliphatic rings. The summed E-state index contributed by atoms with van der Waals surface area (Å²) in [5.74, 6) is 1.06. The number of carbonyl (C=O) groups excluding carboxylic acids is 1. The van der Waals surface area contributed by atoms with Crippen molar-refractivity contribution in [1.82, 2.24) is 15.5 Å². The maximum atomic E-state index is 12.8. The third-order valence-corrected chi connectivity index (χ3v) is 6.23. The maximum absolute atomic E-state index is 12.8. The number of aryl methyl sites for hydroxylation is 1. The van der Waals surface area contributed by atoms with E-state index in [4.69, 9.17) is 4.99 Å². The Morgan fingerprint density at radius 2 is 1.90 bits per heavy atom. The number of nitrogens with zero attached hydrogens (tertiary/aromatic N) is 3. The largest absolute Gasteiger partial charge is 0.369 e. The zero-order valence-electron chi connectivity index (χ0n) is 18.9. The molecule has 0 aromatic heterocycles. The van der Waals surface area contributed by atoms with Crippen LogP contribution in [0.3, 0.4) is 0 Å². The van der Waals surface area contributed by atoms with Gasteiger partial charge in [0.2, 0.25) is 5.91 Å². The van der Waals surface area contributed by atoms with Gasteiger partial charge in [0.1, 0.15) is 0 Å². The van der Waals surface area contributed by atoms with Crippen molar-refractivity contribution >= 4 is 41.5 Å². The Hall–Kier alpha value is -1.51. The second kappa shape index (κ2) is 11.2. The standard InChI is InChI=1S/C23H37N5O.HI/c1-5-24-22(25-17-23(13-6-7-14-23)21(29)27(3)4)26-19-12-15-28(16-19)20-10-8-18(2)9-11-20;/h8-11,19H,5-7,12-17H2,1-4H3,(H2,24,25,26);1H. The number of nitrogens with one attached hydrogen (secondary N) is 2. The predicted octanol–water partition coefficient (Wildman–Crippen LogP) is 3.40. The Labute approximate surface area is 198 Å². The van der Waals surface area contributed by atoms with Crippen LogP contribution in [0.15, 0.2) is 29.3 Å². The Balaban J connectivity index is 0.00000320. The fraction of sp³-hybridized carbons (Fsp3) is 0.652. The molecule has 0 spiro atoms. The smallest absolute Gasteiger partial charge is 0.230 e. The molecular weight excluding hydrogens is 489 g/mol. The van der Waals surface area contributed by atoms with Crippen LogP contribution in [0.1, 0.15) is 44.6 Å². The van der Waals surface area contributed by atoms with Gasteiger partial charge in [0.25, 0.3) is 0 Å². The van der Waals surface area contributed by atoms with Crippen LogP contribution in [-0.4, -0.2) is 63.1 Å². The minimum Gasteiger partial charge on any atom is -0.369 e. The van der Waals surface area contributed by atoms with Crippen LogP contribution >= 0.6 is 24.0 Å². The van der Waals surface area contributed by atoms with E-state index in [0.717, 1.165) is 57.7 Å². The van der Waals surface area contributed by atoms with Crippen LogP contribution < -0.4 is 15.5 Å². The lowest BCUT2D eigenvalue weighted by Crippen LogP contribution is -2.46. The van der Waals surface area contributed by atoms with Gasteiger partial charge in [-0.25, -0.2) is 0 Å². The highest BCUT2D eigenvalue weighted by Crippen LogP contribution is 2.39. The zero-order chi connectivity index (χ0) is 20.9. The van der Waals surface area contributed by atoms with Crippen molar-refractivity contribution in [3.05, 3.63) is 29.8 Å². The molecule has 1 unspecified atom stereocenters. The molecule has 0 bridgehead atoms. The molecule has 2 fully saturated rings. The van der Waals surface area contributed by atoms with Crippen LogP contribution in [0.4, 0.5) is 5.69 Å². The van der Waals surface area contributed by atoms with E-state index in [0.29, 0.717) is 12.6 Å². The highest BCUT2D eigenvalue weighted by molar-refractivity contribution is 14.0. The molecular formula is C23H38IN5O. The van der Waals surface area contributed by atoms with Crippen molar-refractivity contribution in [2.45, 2.75) is 52.0 Å². The summed E-state index contributed by atoms with van der Waals surface area (Å²) < 4.78 is 0. The minimum atomic E-state index is -0.324. The van der Waals surface area contributed by atoms with Crippen molar-refractivity contribution in [2.75, 3.05) is 45.2 Å². The summed E-state index contributed by atoms with van der Waals surface area (Å²) in [4.78, 5) is 21.8. The van der Waals surface area contributed by atoms with Crippen molar-refractivity contribution in [1.29, 1.82) is 0 Å². The monoisotopic (exact) mass is 527 g/mol. The molecule has 1 amide bonds. The number of amides is 1. The molecule has 168 valence electrons. The van der Waals surface area contributed by atoms with E-state index in [9.17, 15) is 4.79 Å². The molecule has 1 aliphatic carbocycles. The van der Waals surface area contributed by atoms with Gasteiger partial charge in [-0.05, 0) is 45.2 Å². The lowest BCUT2D eigenvalue weighted by molar-refractivity contribution is -0.138. The van der Waals surface area contributed by atoms with E-state index >= 15 is 0 Å². The van der Waals surface area contributed by atoms with Crippen molar-refractivity contribution < 1.29 is 4.79 Å². The second-order valence-corrected chi connectivity index (χ2v) is 8.79. The topological polar surface area (TPSA) is 60.0 Å². The van der Waals surface area contributed by atoms with Gasteiger partial charge in [-0.2, -0.15) is 0 Å². The quantitative estimate of drug-likeness (QED) is 0.339. The summed E-state index contributed by atoms with van der Waals surface area (Å²) in [7, 11) is 3.71. The normalized spacial score (nSPS) is 20.6. The zero-order valence-corrected chi connectivity index (χ0v) is 21.2. The average Bonchev–Trinajstić information content (AvgIpc) is 3.37. The molecule has 0 radical (unpaired) electrons. The summed E-state index contributed by atoms with van der Waals surface area (Å²) in [5.41, 5.74) is 2.25. The summed E-state index contributed by atoms with van der Waals surface area (Å²) in [6.45, 7) is 7.59. The fourth-order valence-corrected chi connectivity index (χ4v) is 4.58. The van der Waals surface area contributed by atoms with Crippen molar-refractivity contribution in [3.8, 4) is 0 Å². The van der Waals surface area contributed by atoms with Gasteiger partial charge in [0.15, 0.2) is 5.96 Å². The van der Waals surface area contributed by atoms with E-state index in [2.05, 4.69) is 53.6 Å².